The van der Waals surface area contributed by atoms with Crippen LogP contribution in [0.15, 0.2) is 46.2 Å². The number of nitrogens with zero attached hydrogens (tertiary/aromatic N) is 3. The van der Waals surface area contributed by atoms with E-state index in [1.54, 1.807) is 11.3 Å². The Morgan fingerprint density at radius 1 is 1.19 bits per heavy atom. The van der Waals surface area contributed by atoms with Crippen molar-refractivity contribution in [3.63, 3.8) is 0 Å². The van der Waals surface area contributed by atoms with Crippen LogP contribution < -0.4 is 0 Å². The van der Waals surface area contributed by atoms with Crippen LogP contribution in [0.3, 0.4) is 0 Å². The van der Waals surface area contributed by atoms with Crippen LogP contribution in [-0.2, 0) is 17.8 Å². The molecule has 1 aliphatic heterocycles. The maximum absolute atomic E-state index is 5.94. The van der Waals surface area contributed by atoms with Crippen molar-refractivity contribution in [2.45, 2.75) is 39.0 Å². The van der Waals surface area contributed by atoms with Crippen LogP contribution in [0.5, 0.6) is 0 Å². The Hall–Kier alpha value is -2.02. The molecule has 0 saturated carbocycles. The number of hydrogen-bond acceptors (Lipinski definition) is 6. The summed E-state index contributed by atoms with van der Waals surface area (Å²) in [5, 5.41) is 10.6. The molecule has 0 amide bonds. The van der Waals surface area contributed by atoms with E-state index in [9.17, 15) is 0 Å². The third-order valence-corrected chi connectivity index (χ3v) is 5.40. The van der Waals surface area contributed by atoms with E-state index in [1.165, 1.54) is 10.4 Å². The smallest absolute Gasteiger partial charge is 0.247 e. The Morgan fingerprint density at radius 2 is 2.15 bits per heavy atom. The molecule has 6 heteroatoms. The van der Waals surface area contributed by atoms with Gasteiger partial charge in [0.1, 0.15) is 0 Å². The number of thiophene rings is 1. The lowest BCUT2D eigenvalue weighted by atomic mass is 10.1. The number of aromatic nitrogens is 2. The second kappa shape index (κ2) is 8.12. The highest BCUT2D eigenvalue weighted by molar-refractivity contribution is 7.09. The highest BCUT2D eigenvalue weighted by Gasteiger charge is 2.21. The van der Waals surface area contributed by atoms with Gasteiger partial charge in [-0.15, -0.1) is 21.5 Å². The van der Waals surface area contributed by atoms with Gasteiger partial charge in [0.2, 0.25) is 11.8 Å². The predicted octanol–water partition coefficient (Wildman–Crippen LogP) is 4.29. The summed E-state index contributed by atoms with van der Waals surface area (Å²) in [5.41, 5.74) is 2.15. The molecule has 1 aromatic carbocycles. The Labute approximate surface area is 157 Å². The third-order valence-electron chi connectivity index (χ3n) is 4.54. The van der Waals surface area contributed by atoms with E-state index in [2.05, 4.69) is 51.7 Å². The van der Waals surface area contributed by atoms with Crippen LogP contribution in [0.25, 0.3) is 11.5 Å². The van der Waals surface area contributed by atoms with Gasteiger partial charge in [0.25, 0.3) is 0 Å². The maximum Gasteiger partial charge on any atom is 0.247 e. The van der Waals surface area contributed by atoms with E-state index >= 15 is 0 Å². The summed E-state index contributed by atoms with van der Waals surface area (Å²) in [6.45, 7) is 5.33. The fraction of sp³-hybridized carbons (Fsp3) is 0.400. The van der Waals surface area contributed by atoms with E-state index in [-0.39, 0.29) is 0 Å². The lowest BCUT2D eigenvalue weighted by Crippen LogP contribution is -2.31. The molecule has 136 valence electrons. The summed E-state index contributed by atoms with van der Waals surface area (Å²) >= 11 is 1.77. The van der Waals surface area contributed by atoms with Crippen molar-refractivity contribution in [1.82, 2.24) is 15.1 Å². The van der Waals surface area contributed by atoms with Gasteiger partial charge >= 0.3 is 0 Å². The van der Waals surface area contributed by atoms with Crippen LogP contribution in [0, 0.1) is 6.92 Å². The van der Waals surface area contributed by atoms with E-state index in [0.29, 0.717) is 24.4 Å². The maximum atomic E-state index is 5.94. The van der Waals surface area contributed by atoms with Gasteiger partial charge < -0.3 is 9.15 Å². The Kier molecular flexibility index (Phi) is 5.43. The molecule has 1 saturated heterocycles. The lowest BCUT2D eigenvalue weighted by molar-refractivity contribution is 0.0653. The summed E-state index contributed by atoms with van der Waals surface area (Å²) in [7, 11) is 0. The van der Waals surface area contributed by atoms with Gasteiger partial charge in [0, 0.05) is 30.1 Å². The molecule has 26 heavy (non-hydrogen) atoms. The van der Waals surface area contributed by atoms with E-state index in [0.717, 1.165) is 38.1 Å². The molecule has 0 spiro atoms. The monoisotopic (exact) mass is 369 g/mol. The number of ether oxygens (including phenoxy) is 1. The fourth-order valence-electron chi connectivity index (χ4n) is 3.29. The highest BCUT2D eigenvalue weighted by Crippen LogP contribution is 2.22. The first-order chi connectivity index (χ1) is 12.8. The molecule has 4 rings (SSSR count). The Bertz CT molecular complexity index is 825. The molecule has 1 atom stereocenters. The van der Waals surface area contributed by atoms with Crippen molar-refractivity contribution in [2.24, 2.45) is 0 Å². The van der Waals surface area contributed by atoms with Crippen LogP contribution >= 0.6 is 11.3 Å². The molecule has 0 aliphatic carbocycles. The average Bonchev–Trinajstić information content (AvgIpc) is 3.37. The van der Waals surface area contributed by atoms with Crippen molar-refractivity contribution in [1.29, 1.82) is 0 Å². The molecule has 0 bridgehead atoms. The summed E-state index contributed by atoms with van der Waals surface area (Å²) in [6, 6.07) is 12.4. The first kappa shape index (κ1) is 17.4. The fourth-order valence-corrected chi connectivity index (χ4v) is 4.03. The molecule has 0 unspecified atom stereocenters. The number of rotatable bonds is 7. The topological polar surface area (TPSA) is 51.4 Å². The van der Waals surface area contributed by atoms with Crippen molar-refractivity contribution < 1.29 is 9.15 Å². The molecule has 0 N–H and O–H groups in total. The molecular formula is C20H23N3O2S. The van der Waals surface area contributed by atoms with Gasteiger partial charge in [-0.25, -0.2) is 0 Å². The van der Waals surface area contributed by atoms with Gasteiger partial charge in [-0.1, -0.05) is 23.8 Å². The largest absolute Gasteiger partial charge is 0.419 e. The Morgan fingerprint density at radius 3 is 2.92 bits per heavy atom. The molecule has 2 aromatic heterocycles. The molecular weight excluding hydrogens is 346 g/mol. The first-order valence-corrected chi connectivity index (χ1v) is 9.90. The quantitative estimate of drug-likeness (QED) is 0.622. The van der Waals surface area contributed by atoms with Crippen molar-refractivity contribution in [3.8, 4) is 11.5 Å². The molecule has 1 fully saturated rings. The van der Waals surface area contributed by atoms with Gasteiger partial charge in [-0.05, 0) is 43.3 Å². The summed E-state index contributed by atoms with van der Waals surface area (Å²) in [6.07, 6.45) is 2.57. The molecule has 3 aromatic rings. The third kappa shape index (κ3) is 4.38. The van der Waals surface area contributed by atoms with Crippen molar-refractivity contribution in [3.05, 3.63) is 58.1 Å². The minimum Gasteiger partial charge on any atom is -0.419 e. The van der Waals surface area contributed by atoms with Crippen LogP contribution in [0.1, 0.15) is 29.2 Å². The molecule has 3 heterocycles. The zero-order chi connectivity index (χ0) is 17.8. The zero-order valence-electron chi connectivity index (χ0n) is 14.9. The minimum absolute atomic E-state index is 0.300. The number of benzene rings is 1. The molecule has 5 nitrogen and oxygen atoms in total. The second-order valence-corrected chi connectivity index (χ2v) is 7.79. The van der Waals surface area contributed by atoms with Gasteiger partial charge in [-0.2, -0.15) is 0 Å². The SMILES string of the molecule is Cc1cccc(-c2nnc(CN(Cc3cccs3)C[C@@H]3CCCO3)o2)c1. The van der Waals surface area contributed by atoms with Crippen molar-refractivity contribution >= 4 is 11.3 Å². The molecule has 1 aliphatic rings. The van der Waals surface area contributed by atoms with E-state index < -0.39 is 0 Å². The van der Waals surface area contributed by atoms with Crippen LogP contribution in [0.2, 0.25) is 0 Å². The predicted molar refractivity (Wildman–Crippen MR) is 102 cm³/mol. The lowest BCUT2D eigenvalue weighted by Gasteiger charge is -2.23. The Balaban J connectivity index is 1.47. The number of hydrogen-bond donors (Lipinski definition) is 0. The van der Waals surface area contributed by atoms with E-state index in [1.807, 2.05) is 12.1 Å². The van der Waals surface area contributed by atoms with Gasteiger partial charge in [0.15, 0.2) is 0 Å². The standard InChI is InChI=1S/C20H23N3O2S/c1-15-5-2-6-16(11-15)20-22-21-19(25-20)14-23(12-17-7-3-9-24-17)13-18-8-4-10-26-18/h2,4-6,8,10-11,17H,3,7,9,12-14H2,1H3/t17-/m0/s1. The molecule has 0 radical (unpaired) electrons. The average molecular weight is 369 g/mol. The van der Waals surface area contributed by atoms with Crippen molar-refractivity contribution in [2.75, 3.05) is 13.2 Å². The zero-order valence-corrected chi connectivity index (χ0v) is 15.7. The highest BCUT2D eigenvalue weighted by atomic mass is 32.1. The summed E-state index contributed by atoms with van der Waals surface area (Å²) in [5.74, 6) is 1.23. The normalized spacial score (nSPS) is 17.2. The van der Waals surface area contributed by atoms with Crippen LogP contribution in [0.4, 0.5) is 0 Å². The van der Waals surface area contributed by atoms with Gasteiger partial charge in [0.05, 0.1) is 12.6 Å². The van der Waals surface area contributed by atoms with Crippen LogP contribution in [-0.4, -0.2) is 34.4 Å². The minimum atomic E-state index is 0.300. The van der Waals surface area contributed by atoms with Gasteiger partial charge in [-0.3, -0.25) is 4.90 Å². The second-order valence-electron chi connectivity index (χ2n) is 6.75. The first-order valence-electron chi connectivity index (χ1n) is 9.02. The number of aryl methyl sites for hydroxylation is 1. The van der Waals surface area contributed by atoms with E-state index in [4.69, 9.17) is 9.15 Å². The summed E-state index contributed by atoms with van der Waals surface area (Å²) < 4.78 is 11.8. The summed E-state index contributed by atoms with van der Waals surface area (Å²) in [4.78, 5) is 3.68.